The Morgan fingerprint density at radius 2 is 1.95 bits per heavy atom. The highest BCUT2D eigenvalue weighted by Crippen LogP contribution is 2.20. The zero-order valence-corrected chi connectivity index (χ0v) is 13.0. The molecule has 1 saturated heterocycles. The van der Waals surface area contributed by atoms with E-state index in [0.29, 0.717) is 6.54 Å². The second kappa shape index (κ2) is 6.94. The maximum absolute atomic E-state index is 12.2. The van der Waals surface area contributed by atoms with E-state index in [1.165, 1.54) is 12.8 Å². The van der Waals surface area contributed by atoms with Crippen LogP contribution in [-0.2, 0) is 4.79 Å². The average Bonchev–Trinajstić information content (AvgIpc) is 2.66. The number of rotatable bonds is 3. The van der Waals surface area contributed by atoms with E-state index in [4.69, 9.17) is 0 Å². The Balaban J connectivity index is 1.88. The number of aryl methyl sites for hydroxylation is 1. The number of halogens is 1. The lowest BCUT2D eigenvalue weighted by molar-refractivity contribution is -0.129. The monoisotopic (exact) mass is 324 g/mol. The van der Waals surface area contributed by atoms with Crippen molar-refractivity contribution in [1.29, 1.82) is 0 Å². The van der Waals surface area contributed by atoms with Gasteiger partial charge in [0.2, 0.25) is 5.91 Å². The van der Waals surface area contributed by atoms with Crippen molar-refractivity contribution in [2.75, 3.05) is 25.0 Å². The number of benzene rings is 1. The van der Waals surface area contributed by atoms with Crippen LogP contribution in [0.5, 0.6) is 0 Å². The smallest absolute Gasteiger partial charge is 0.241 e. The summed E-state index contributed by atoms with van der Waals surface area (Å²) in [6.45, 7) is 4.27. The highest BCUT2D eigenvalue weighted by atomic mass is 79.9. The summed E-state index contributed by atoms with van der Waals surface area (Å²) in [6, 6.07) is 6.06. The summed E-state index contributed by atoms with van der Waals surface area (Å²) in [5.41, 5.74) is 2.18. The van der Waals surface area contributed by atoms with Crippen LogP contribution in [0.25, 0.3) is 0 Å². The van der Waals surface area contributed by atoms with Crippen LogP contribution in [0.2, 0.25) is 0 Å². The summed E-state index contributed by atoms with van der Waals surface area (Å²) >= 11 is 3.44. The minimum absolute atomic E-state index is 0.212. The van der Waals surface area contributed by atoms with Gasteiger partial charge in [0, 0.05) is 23.2 Å². The molecule has 2 rings (SSSR count). The van der Waals surface area contributed by atoms with Crippen molar-refractivity contribution >= 4 is 27.5 Å². The standard InChI is InChI=1S/C15H21BrN2O/c1-12-10-13(16)6-7-14(12)17-11-15(19)18-8-4-2-3-5-9-18/h6-7,10,17H,2-5,8-9,11H2,1H3. The van der Waals surface area contributed by atoms with Crippen molar-refractivity contribution in [1.82, 2.24) is 4.90 Å². The molecular formula is C15H21BrN2O. The fourth-order valence-corrected chi connectivity index (χ4v) is 2.90. The zero-order valence-electron chi connectivity index (χ0n) is 11.4. The molecule has 1 aliphatic heterocycles. The van der Waals surface area contributed by atoms with Gasteiger partial charge in [-0.1, -0.05) is 28.8 Å². The highest BCUT2D eigenvalue weighted by molar-refractivity contribution is 9.10. The molecule has 1 aromatic carbocycles. The summed E-state index contributed by atoms with van der Waals surface area (Å²) in [4.78, 5) is 14.2. The molecule has 0 aromatic heterocycles. The molecule has 19 heavy (non-hydrogen) atoms. The fourth-order valence-electron chi connectivity index (χ4n) is 2.43. The normalized spacial score (nSPS) is 16.0. The van der Waals surface area contributed by atoms with Crippen LogP contribution in [0.1, 0.15) is 31.2 Å². The molecule has 1 amide bonds. The number of likely N-dealkylation sites (tertiary alicyclic amines) is 1. The molecule has 0 aliphatic carbocycles. The third-order valence-electron chi connectivity index (χ3n) is 3.58. The lowest BCUT2D eigenvalue weighted by Crippen LogP contribution is -2.36. The first kappa shape index (κ1) is 14.4. The van der Waals surface area contributed by atoms with Gasteiger partial charge in [0.15, 0.2) is 0 Å². The first-order valence-corrected chi connectivity index (χ1v) is 7.74. The van der Waals surface area contributed by atoms with Gasteiger partial charge >= 0.3 is 0 Å². The molecule has 0 atom stereocenters. The highest BCUT2D eigenvalue weighted by Gasteiger charge is 2.15. The number of hydrogen-bond acceptors (Lipinski definition) is 2. The van der Waals surface area contributed by atoms with Crippen LogP contribution in [0.3, 0.4) is 0 Å². The Morgan fingerprint density at radius 3 is 2.58 bits per heavy atom. The lowest BCUT2D eigenvalue weighted by Gasteiger charge is -2.21. The number of carbonyl (C=O) groups excluding carboxylic acids is 1. The first-order chi connectivity index (χ1) is 9.16. The number of amides is 1. The fraction of sp³-hybridized carbons (Fsp3) is 0.533. The van der Waals surface area contributed by atoms with Crippen LogP contribution >= 0.6 is 15.9 Å². The summed E-state index contributed by atoms with van der Waals surface area (Å²) in [7, 11) is 0. The van der Waals surface area contributed by atoms with Gasteiger partial charge in [0.05, 0.1) is 6.54 Å². The number of hydrogen-bond donors (Lipinski definition) is 1. The minimum atomic E-state index is 0.212. The predicted octanol–water partition coefficient (Wildman–Crippen LogP) is 3.57. The summed E-state index contributed by atoms with van der Waals surface area (Å²) in [5, 5.41) is 3.25. The third kappa shape index (κ3) is 4.23. The van der Waals surface area contributed by atoms with Crippen LogP contribution in [0.4, 0.5) is 5.69 Å². The molecule has 0 unspecified atom stereocenters. The molecule has 1 fully saturated rings. The number of nitrogens with one attached hydrogen (secondary N) is 1. The molecular weight excluding hydrogens is 304 g/mol. The second-order valence-corrected chi connectivity index (χ2v) is 6.02. The zero-order chi connectivity index (χ0) is 13.7. The molecule has 1 N–H and O–H groups in total. The molecule has 0 spiro atoms. The maximum atomic E-state index is 12.2. The van der Waals surface area contributed by atoms with Crippen LogP contribution in [-0.4, -0.2) is 30.4 Å². The Labute approximate surface area is 123 Å². The Bertz CT molecular complexity index is 440. The van der Waals surface area contributed by atoms with Crippen molar-refractivity contribution in [2.45, 2.75) is 32.6 Å². The van der Waals surface area contributed by atoms with Crippen LogP contribution in [0, 0.1) is 6.92 Å². The van der Waals surface area contributed by atoms with E-state index in [-0.39, 0.29) is 5.91 Å². The van der Waals surface area contributed by atoms with E-state index in [9.17, 15) is 4.79 Å². The number of carbonyl (C=O) groups is 1. The van der Waals surface area contributed by atoms with Gasteiger partial charge in [-0.2, -0.15) is 0 Å². The van der Waals surface area contributed by atoms with E-state index in [2.05, 4.69) is 27.3 Å². The number of nitrogens with zero attached hydrogens (tertiary/aromatic N) is 1. The topological polar surface area (TPSA) is 32.3 Å². The quantitative estimate of drug-likeness (QED) is 0.921. The van der Waals surface area contributed by atoms with Gasteiger partial charge in [-0.3, -0.25) is 4.79 Å². The van der Waals surface area contributed by atoms with E-state index in [0.717, 1.165) is 41.7 Å². The van der Waals surface area contributed by atoms with Crippen molar-refractivity contribution in [3.63, 3.8) is 0 Å². The van der Waals surface area contributed by atoms with E-state index in [1.807, 2.05) is 24.0 Å². The lowest BCUT2D eigenvalue weighted by atomic mass is 10.2. The SMILES string of the molecule is Cc1cc(Br)ccc1NCC(=O)N1CCCCCC1. The molecule has 3 nitrogen and oxygen atoms in total. The largest absolute Gasteiger partial charge is 0.376 e. The summed E-state index contributed by atoms with van der Waals surface area (Å²) in [5.74, 6) is 0.212. The molecule has 1 aliphatic rings. The van der Waals surface area contributed by atoms with E-state index in [1.54, 1.807) is 0 Å². The molecule has 4 heteroatoms. The van der Waals surface area contributed by atoms with Gasteiger partial charge < -0.3 is 10.2 Å². The van der Waals surface area contributed by atoms with E-state index >= 15 is 0 Å². The van der Waals surface area contributed by atoms with E-state index < -0.39 is 0 Å². The van der Waals surface area contributed by atoms with Crippen LogP contribution in [0.15, 0.2) is 22.7 Å². The second-order valence-electron chi connectivity index (χ2n) is 5.11. The Hall–Kier alpha value is -1.03. The van der Waals surface area contributed by atoms with Gasteiger partial charge in [0.25, 0.3) is 0 Å². The van der Waals surface area contributed by atoms with Crippen molar-refractivity contribution in [3.8, 4) is 0 Å². The van der Waals surface area contributed by atoms with Crippen LogP contribution < -0.4 is 5.32 Å². The van der Waals surface area contributed by atoms with Crippen molar-refractivity contribution < 1.29 is 4.79 Å². The van der Waals surface area contributed by atoms with Crippen molar-refractivity contribution in [2.24, 2.45) is 0 Å². The van der Waals surface area contributed by atoms with Crippen molar-refractivity contribution in [3.05, 3.63) is 28.2 Å². The summed E-state index contributed by atoms with van der Waals surface area (Å²) in [6.07, 6.45) is 4.79. The molecule has 0 saturated carbocycles. The molecule has 1 heterocycles. The average molecular weight is 325 g/mol. The molecule has 1 aromatic rings. The number of anilines is 1. The molecule has 0 bridgehead atoms. The maximum Gasteiger partial charge on any atom is 0.241 e. The molecule has 0 radical (unpaired) electrons. The molecule has 104 valence electrons. The first-order valence-electron chi connectivity index (χ1n) is 6.94. The third-order valence-corrected chi connectivity index (χ3v) is 4.07. The predicted molar refractivity (Wildman–Crippen MR) is 82.4 cm³/mol. The minimum Gasteiger partial charge on any atom is -0.376 e. The summed E-state index contributed by atoms with van der Waals surface area (Å²) < 4.78 is 1.06. The van der Waals surface area contributed by atoms with Gasteiger partial charge in [-0.15, -0.1) is 0 Å². The Kier molecular flexibility index (Phi) is 5.25. The van der Waals surface area contributed by atoms with Gasteiger partial charge in [-0.05, 0) is 43.5 Å². The Morgan fingerprint density at radius 1 is 1.26 bits per heavy atom. The van der Waals surface area contributed by atoms with Gasteiger partial charge in [-0.25, -0.2) is 0 Å². The van der Waals surface area contributed by atoms with Gasteiger partial charge in [0.1, 0.15) is 0 Å².